The fourth-order valence-corrected chi connectivity index (χ4v) is 6.81. The quantitative estimate of drug-likeness (QED) is 0.0749. The highest BCUT2D eigenvalue weighted by molar-refractivity contribution is 5.82. The molecule has 9 N–H and O–H groups in total. The van der Waals surface area contributed by atoms with E-state index < -0.39 is 54.8 Å². The first-order valence-corrected chi connectivity index (χ1v) is 16.8. The first-order valence-electron chi connectivity index (χ1n) is 16.8. The molecule has 4 aliphatic heterocycles. The van der Waals surface area contributed by atoms with Crippen LogP contribution in [0.25, 0.3) is 11.2 Å². The fraction of sp³-hybridized carbons (Fsp3) is 0.567. The van der Waals surface area contributed by atoms with Gasteiger partial charge in [-0.05, 0) is 12.5 Å². The van der Waals surface area contributed by atoms with Gasteiger partial charge < -0.3 is 55.6 Å². The van der Waals surface area contributed by atoms with Crippen molar-refractivity contribution in [3.63, 3.8) is 0 Å². The zero-order valence-electron chi connectivity index (χ0n) is 28.2. The number of anilines is 2. The number of aliphatic hydroxyl groups is 4. The molecule has 10 unspecified atom stereocenters. The Labute approximate surface area is 298 Å². The summed E-state index contributed by atoms with van der Waals surface area (Å²) in [5.74, 6) is 0.644. The van der Waals surface area contributed by atoms with Gasteiger partial charge in [-0.15, -0.1) is 0 Å². The van der Waals surface area contributed by atoms with Crippen molar-refractivity contribution in [2.45, 2.75) is 80.8 Å². The molecule has 0 radical (unpaired) electrons. The number of nitrogens with one attached hydrogen (secondary N) is 1. The summed E-state index contributed by atoms with van der Waals surface area (Å²) in [6, 6.07) is 1.11. The number of ether oxygens (including phenoxy) is 5. The fourth-order valence-electron chi connectivity index (χ4n) is 6.81. The van der Waals surface area contributed by atoms with Crippen molar-refractivity contribution < 1.29 is 53.5 Å². The van der Waals surface area contributed by atoms with Crippen LogP contribution in [-0.2, 0) is 30.3 Å². The second-order valence-electron chi connectivity index (χ2n) is 13.0. The Morgan fingerprint density at radius 1 is 0.962 bits per heavy atom. The number of hydroxylamine groups is 2. The van der Waals surface area contributed by atoms with Crippen LogP contribution < -0.4 is 26.5 Å². The topological polar surface area (TPSA) is 302 Å². The van der Waals surface area contributed by atoms with Crippen molar-refractivity contribution >= 4 is 35.0 Å². The van der Waals surface area contributed by atoms with Gasteiger partial charge >= 0.3 is 17.5 Å². The molecular weight excluding hydrogens is 704 g/mol. The summed E-state index contributed by atoms with van der Waals surface area (Å²) in [5.41, 5.74) is 12.0. The molecular formula is C30H39N12O11+. The van der Waals surface area contributed by atoms with E-state index in [0.29, 0.717) is 13.2 Å². The van der Waals surface area contributed by atoms with Gasteiger partial charge in [0.05, 0.1) is 19.0 Å². The molecule has 23 nitrogen and oxygen atoms in total. The van der Waals surface area contributed by atoms with E-state index in [-0.39, 0.29) is 54.4 Å². The molecule has 53 heavy (non-hydrogen) atoms. The summed E-state index contributed by atoms with van der Waals surface area (Å²) in [7, 11) is 1.65. The summed E-state index contributed by atoms with van der Waals surface area (Å²) in [6.07, 6.45) is -2.62. The molecule has 4 aromatic heterocycles. The summed E-state index contributed by atoms with van der Waals surface area (Å²) in [5, 5.41) is 44.6. The third-order valence-electron chi connectivity index (χ3n) is 9.55. The van der Waals surface area contributed by atoms with Gasteiger partial charge in [0, 0.05) is 19.7 Å². The van der Waals surface area contributed by atoms with Gasteiger partial charge in [-0.2, -0.15) is 15.0 Å². The highest BCUT2D eigenvalue weighted by Gasteiger charge is 2.46. The molecule has 0 aromatic carbocycles. The van der Waals surface area contributed by atoms with Gasteiger partial charge in [0.15, 0.2) is 54.0 Å². The van der Waals surface area contributed by atoms with E-state index in [9.17, 15) is 25.2 Å². The smallest absolute Gasteiger partial charge is 0.351 e. The molecule has 0 spiro atoms. The highest BCUT2D eigenvalue weighted by atomic mass is 16.7. The van der Waals surface area contributed by atoms with Crippen LogP contribution in [0.3, 0.4) is 0 Å². The summed E-state index contributed by atoms with van der Waals surface area (Å²) in [6.45, 7) is 0.381. The average Bonchev–Trinajstić information content (AvgIpc) is 3.97. The van der Waals surface area contributed by atoms with Crippen LogP contribution in [-0.4, -0.2) is 136 Å². The van der Waals surface area contributed by atoms with Gasteiger partial charge in [0.2, 0.25) is 0 Å². The van der Waals surface area contributed by atoms with Crippen LogP contribution in [0, 0.1) is 0 Å². The Bertz CT molecular complexity index is 2040. The van der Waals surface area contributed by atoms with E-state index in [1.807, 2.05) is 10.9 Å². The maximum Gasteiger partial charge on any atom is 0.351 e. The van der Waals surface area contributed by atoms with Gasteiger partial charge in [-0.3, -0.25) is 19.0 Å². The van der Waals surface area contributed by atoms with Gasteiger partial charge in [0.1, 0.15) is 62.2 Å². The van der Waals surface area contributed by atoms with Crippen molar-refractivity contribution in [1.82, 2.24) is 39.1 Å². The lowest BCUT2D eigenvalue weighted by atomic mass is 10.1. The number of nitrogen functional groups attached to an aromatic ring is 2. The minimum atomic E-state index is -1.49. The molecule has 4 aromatic rings. The molecule has 0 aliphatic carbocycles. The van der Waals surface area contributed by atoms with Crippen molar-refractivity contribution in [2.24, 2.45) is 4.99 Å². The first kappa shape index (κ1) is 35.2. The largest absolute Gasteiger partial charge is 0.460 e. The number of hydrogen-bond donors (Lipinski definition) is 7. The molecule has 284 valence electrons. The van der Waals surface area contributed by atoms with Crippen LogP contribution in [0.1, 0.15) is 37.2 Å². The molecule has 0 bridgehead atoms. The number of hydrogen-bond acceptors (Lipinski definition) is 19. The molecule has 3 saturated heterocycles. The standard InChI is InChI=1S/C30H38N12O11/c1-48-7-13-2-3-18(51-13)41-11-33-14-6-39(10-35-25(14)41)50-9-16-21(44)23(46)28(53-16)42-12-34-19-24(32)37-29(38-26(19)42)49-8-15-20(43)22(45)27(52-15)40-5-4-17(31)36-30(40)47/h4-5,10-13,15-16,18,20-23,27-28,43-46H,2-3,6-9H2,1H3,(H4,31,32,36,37,38,47)/p+1. The third kappa shape index (κ3) is 6.55. The number of nitrogens with zero attached hydrogens (tertiary/aromatic N) is 9. The number of aromatic amines is 1. The van der Waals surface area contributed by atoms with Crippen molar-refractivity contribution in [2.75, 3.05) is 38.4 Å². The predicted molar refractivity (Wildman–Crippen MR) is 176 cm³/mol. The number of imidazole rings is 2. The summed E-state index contributed by atoms with van der Waals surface area (Å²) in [4.78, 5) is 42.3. The monoisotopic (exact) mass is 743 g/mol. The van der Waals surface area contributed by atoms with Gasteiger partial charge in [-0.25, -0.2) is 19.4 Å². The summed E-state index contributed by atoms with van der Waals surface area (Å²) >= 11 is 0. The normalized spacial score (nSPS) is 31.2. The minimum absolute atomic E-state index is 0.0123. The lowest BCUT2D eigenvalue weighted by Crippen LogP contribution is -2.40. The van der Waals surface area contributed by atoms with E-state index in [0.717, 1.165) is 28.9 Å². The average molecular weight is 744 g/mol. The minimum Gasteiger partial charge on any atom is -0.460 e. The molecule has 8 rings (SSSR count). The number of methoxy groups -OCH3 is 1. The van der Waals surface area contributed by atoms with Crippen molar-refractivity contribution in [1.29, 1.82) is 0 Å². The molecule has 0 saturated carbocycles. The zero-order chi connectivity index (χ0) is 37.0. The van der Waals surface area contributed by atoms with Crippen LogP contribution in [0.15, 0.2) is 34.7 Å². The molecule has 4 aliphatic rings. The Hall–Kier alpha value is -4.85. The predicted octanol–water partition coefficient (Wildman–Crippen LogP) is -3.09. The SMILES string of the molecule is COCC1CCC([n+]2c[nH]c3c2N=CN(OCC2OC(n4cnc5c(N)nc(OCC6OC(n7ccc(N)nc7=O)C(O)C6O)nc54)C(O)C2O)C3)O1. The molecule has 0 amide bonds. The molecule has 10 atom stereocenters. The number of aliphatic hydroxyl groups excluding tert-OH is 4. The summed E-state index contributed by atoms with van der Waals surface area (Å²) < 4.78 is 33.1. The Balaban J connectivity index is 0.903. The van der Waals surface area contributed by atoms with Crippen molar-refractivity contribution in [3.8, 4) is 6.01 Å². The lowest BCUT2D eigenvalue weighted by molar-refractivity contribution is -0.747. The number of H-pyrrole nitrogens is 1. The van der Waals surface area contributed by atoms with E-state index in [1.165, 1.54) is 34.6 Å². The number of aromatic nitrogens is 8. The third-order valence-corrected chi connectivity index (χ3v) is 9.55. The maximum atomic E-state index is 12.3. The Morgan fingerprint density at radius 2 is 1.72 bits per heavy atom. The second-order valence-corrected chi connectivity index (χ2v) is 13.0. The number of nitrogens with two attached hydrogens (primary N) is 2. The van der Waals surface area contributed by atoms with Crippen LogP contribution in [0.2, 0.25) is 0 Å². The number of rotatable bonds is 11. The van der Waals surface area contributed by atoms with Crippen molar-refractivity contribution in [3.05, 3.63) is 41.1 Å². The van der Waals surface area contributed by atoms with Gasteiger partial charge in [0.25, 0.3) is 0 Å². The van der Waals surface area contributed by atoms with Gasteiger partial charge in [-0.1, -0.05) is 4.99 Å². The Morgan fingerprint density at radius 3 is 2.47 bits per heavy atom. The number of aliphatic imine (C=N–C) groups is 1. The molecule has 23 heteroatoms. The second kappa shape index (κ2) is 14.2. The van der Waals surface area contributed by atoms with E-state index in [1.54, 1.807) is 7.11 Å². The highest BCUT2D eigenvalue weighted by Crippen LogP contribution is 2.34. The van der Waals surface area contributed by atoms with E-state index in [2.05, 4.69) is 29.9 Å². The first-order chi connectivity index (χ1) is 25.6. The van der Waals surface area contributed by atoms with Crippen LogP contribution in [0.4, 0.5) is 17.5 Å². The zero-order valence-corrected chi connectivity index (χ0v) is 28.2. The van der Waals surface area contributed by atoms with E-state index >= 15 is 0 Å². The molecule has 8 heterocycles. The number of fused-ring (bicyclic) bond motifs is 2. The molecule has 3 fully saturated rings. The lowest BCUT2D eigenvalue weighted by Gasteiger charge is -2.22. The Kier molecular flexibility index (Phi) is 9.42. The van der Waals surface area contributed by atoms with E-state index in [4.69, 9.17) is 40.0 Å². The maximum absolute atomic E-state index is 12.3. The van der Waals surface area contributed by atoms with Crippen LogP contribution in [0.5, 0.6) is 6.01 Å². The van der Waals surface area contributed by atoms with Crippen LogP contribution >= 0.6 is 0 Å².